The number of hydrogen-bond donors (Lipinski definition) is 1. The van der Waals surface area contributed by atoms with E-state index in [9.17, 15) is 18.0 Å². The van der Waals surface area contributed by atoms with Gasteiger partial charge in [-0.05, 0) is 6.07 Å². The van der Waals surface area contributed by atoms with E-state index in [1.807, 2.05) is 5.32 Å². The number of nitrogens with one attached hydrogen (secondary N) is 1. The van der Waals surface area contributed by atoms with E-state index in [1.54, 1.807) is 0 Å². The number of halogens is 2. The van der Waals surface area contributed by atoms with Gasteiger partial charge >= 0.3 is 6.03 Å². The number of rotatable bonds is 2. The van der Waals surface area contributed by atoms with Crippen LogP contribution in [0.25, 0.3) is 0 Å². The molecule has 10 heteroatoms. The molecule has 1 aromatic rings. The van der Waals surface area contributed by atoms with Gasteiger partial charge in [-0.2, -0.15) is 0 Å². The van der Waals surface area contributed by atoms with Crippen LogP contribution in [-0.2, 0) is 14.8 Å². The summed E-state index contributed by atoms with van der Waals surface area (Å²) in [7, 11) is -4.14. The van der Waals surface area contributed by atoms with Crippen LogP contribution in [0.15, 0.2) is 11.0 Å². The number of imide groups is 1. The number of carbonyl (C=O) groups is 2. The summed E-state index contributed by atoms with van der Waals surface area (Å²) in [5, 5.41) is 1.87. The van der Waals surface area contributed by atoms with Crippen molar-refractivity contribution in [3.8, 4) is 0 Å². The monoisotopic (exact) mass is 314 g/mol. The minimum Gasteiger partial charge on any atom is -0.275 e. The Kier molecular flexibility index (Phi) is 3.06. The molecule has 17 heavy (non-hydrogen) atoms. The number of amides is 3. The fourth-order valence-corrected chi connectivity index (χ4v) is 4.64. The van der Waals surface area contributed by atoms with E-state index in [0.717, 1.165) is 17.4 Å². The van der Waals surface area contributed by atoms with Gasteiger partial charge in [-0.25, -0.2) is 17.5 Å². The van der Waals surface area contributed by atoms with Crippen molar-refractivity contribution in [2.45, 2.75) is 4.90 Å². The summed E-state index contributed by atoms with van der Waals surface area (Å²) >= 11 is 12.2. The second kappa shape index (κ2) is 4.13. The first-order chi connectivity index (χ1) is 7.82. The van der Waals surface area contributed by atoms with Gasteiger partial charge in [0, 0.05) is 0 Å². The fraction of sp³-hybridized carbons (Fsp3) is 0.143. The van der Waals surface area contributed by atoms with Gasteiger partial charge in [-0.1, -0.05) is 23.2 Å². The van der Waals surface area contributed by atoms with E-state index >= 15 is 0 Å². The zero-order chi connectivity index (χ0) is 12.8. The standard InChI is InChI=1S/C7H4Cl2N2O4S2/c8-4-1-3(6(9)16-4)17(14,15)11-2-5(12)10-7(11)13/h1H,2H2,(H,10,12,13). The molecule has 0 spiro atoms. The highest BCUT2D eigenvalue weighted by molar-refractivity contribution is 7.90. The molecule has 6 nitrogen and oxygen atoms in total. The molecular weight excluding hydrogens is 311 g/mol. The maximum Gasteiger partial charge on any atom is 0.338 e. The highest BCUT2D eigenvalue weighted by Gasteiger charge is 2.39. The van der Waals surface area contributed by atoms with E-state index < -0.39 is 28.5 Å². The lowest BCUT2D eigenvalue weighted by molar-refractivity contribution is -0.118. The van der Waals surface area contributed by atoms with Crippen molar-refractivity contribution in [3.05, 3.63) is 14.7 Å². The summed E-state index contributed by atoms with van der Waals surface area (Å²) in [5.41, 5.74) is 0. The first-order valence-corrected chi connectivity index (χ1v) is 7.15. The largest absolute Gasteiger partial charge is 0.338 e. The minimum absolute atomic E-state index is 0.0536. The normalized spacial score (nSPS) is 16.5. The van der Waals surface area contributed by atoms with Gasteiger partial charge in [-0.15, -0.1) is 11.3 Å². The molecule has 0 aliphatic carbocycles. The van der Waals surface area contributed by atoms with Gasteiger partial charge < -0.3 is 0 Å². The molecule has 1 aliphatic rings. The maximum atomic E-state index is 12.0. The van der Waals surface area contributed by atoms with E-state index in [-0.39, 0.29) is 13.6 Å². The molecule has 0 aromatic carbocycles. The van der Waals surface area contributed by atoms with Crippen molar-refractivity contribution >= 4 is 56.5 Å². The number of hydrogen-bond acceptors (Lipinski definition) is 5. The third-order valence-corrected chi connectivity index (χ3v) is 5.44. The quantitative estimate of drug-likeness (QED) is 0.834. The van der Waals surface area contributed by atoms with Crippen LogP contribution in [-0.4, -0.2) is 31.2 Å². The summed E-state index contributed by atoms with van der Waals surface area (Å²) in [6, 6.07) is 0.147. The van der Waals surface area contributed by atoms with E-state index in [0.29, 0.717) is 4.31 Å². The molecule has 0 saturated carbocycles. The van der Waals surface area contributed by atoms with Crippen LogP contribution in [0, 0.1) is 0 Å². The number of sulfonamides is 1. The lowest BCUT2D eigenvalue weighted by Crippen LogP contribution is -2.34. The summed E-state index contributed by atoms with van der Waals surface area (Å²) in [5.74, 6) is -0.684. The molecule has 2 rings (SSSR count). The number of nitrogens with zero attached hydrogens (tertiary/aromatic N) is 1. The van der Waals surface area contributed by atoms with Crippen LogP contribution in [0.1, 0.15) is 0 Å². The van der Waals surface area contributed by atoms with E-state index in [4.69, 9.17) is 23.2 Å². The summed E-state index contributed by atoms with van der Waals surface area (Å²) in [4.78, 5) is 21.9. The second-order valence-corrected chi connectivity index (χ2v) is 7.17. The summed E-state index contributed by atoms with van der Waals surface area (Å²) < 4.78 is 24.5. The number of carbonyl (C=O) groups excluding carboxylic acids is 2. The topological polar surface area (TPSA) is 83.6 Å². The van der Waals surface area contributed by atoms with Crippen LogP contribution < -0.4 is 5.32 Å². The molecule has 92 valence electrons. The zero-order valence-corrected chi connectivity index (χ0v) is 11.1. The van der Waals surface area contributed by atoms with Gasteiger partial charge in [0.05, 0.1) is 4.34 Å². The van der Waals surface area contributed by atoms with Gasteiger partial charge in [0.1, 0.15) is 15.8 Å². The van der Waals surface area contributed by atoms with Crippen molar-refractivity contribution in [2.24, 2.45) is 0 Å². The molecule has 1 fully saturated rings. The summed E-state index contributed by atoms with van der Waals surface area (Å²) in [6.07, 6.45) is 0. The van der Waals surface area contributed by atoms with Crippen LogP contribution in [0.3, 0.4) is 0 Å². The van der Waals surface area contributed by atoms with Crippen LogP contribution in [0.5, 0.6) is 0 Å². The number of thiophene rings is 1. The lowest BCUT2D eigenvalue weighted by atomic mass is 10.7. The first-order valence-electron chi connectivity index (χ1n) is 4.14. The lowest BCUT2D eigenvalue weighted by Gasteiger charge is -2.12. The average Bonchev–Trinajstić information content (AvgIpc) is 2.70. The predicted octanol–water partition coefficient (Wildman–Crippen LogP) is 1.30. The van der Waals surface area contributed by atoms with Crippen molar-refractivity contribution in [2.75, 3.05) is 6.54 Å². The molecule has 0 bridgehead atoms. The average molecular weight is 315 g/mol. The van der Waals surface area contributed by atoms with Crippen molar-refractivity contribution in [1.82, 2.24) is 9.62 Å². The second-order valence-electron chi connectivity index (χ2n) is 3.05. The van der Waals surface area contributed by atoms with Gasteiger partial charge in [0.25, 0.3) is 10.0 Å². The Hall–Kier alpha value is -0.830. The van der Waals surface area contributed by atoms with Crippen molar-refractivity contribution < 1.29 is 18.0 Å². The molecule has 0 atom stereocenters. The van der Waals surface area contributed by atoms with E-state index in [2.05, 4.69) is 0 Å². The molecule has 0 unspecified atom stereocenters. The molecule has 2 heterocycles. The van der Waals surface area contributed by atoms with Crippen molar-refractivity contribution in [3.63, 3.8) is 0 Å². The fourth-order valence-electron chi connectivity index (χ4n) is 1.24. The highest BCUT2D eigenvalue weighted by Crippen LogP contribution is 2.36. The molecule has 3 amide bonds. The van der Waals surface area contributed by atoms with E-state index in [1.165, 1.54) is 0 Å². The van der Waals surface area contributed by atoms with Crippen molar-refractivity contribution in [1.29, 1.82) is 0 Å². The maximum absolute atomic E-state index is 12.0. The van der Waals surface area contributed by atoms with Crippen LogP contribution >= 0.6 is 34.5 Å². The number of urea groups is 1. The van der Waals surface area contributed by atoms with Crippen LogP contribution in [0.4, 0.5) is 4.79 Å². The van der Waals surface area contributed by atoms with Gasteiger partial charge in [-0.3, -0.25) is 10.1 Å². The molecule has 1 saturated heterocycles. The molecular formula is C7H4Cl2N2O4S2. The Morgan fingerprint density at radius 3 is 2.41 bits per heavy atom. The Balaban J connectivity index is 2.47. The third kappa shape index (κ3) is 2.13. The third-order valence-electron chi connectivity index (χ3n) is 1.95. The SMILES string of the molecule is O=C1CN(S(=O)(=O)c2cc(Cl)sc2Cl)C(=O)N1. The minimum atomic E-state index is -4.14. The predicted molar refractivity (Wildman–Crippen MR) is 61.8 cm³/mol. The molecule has 1 N–H and O–H groups in total. The molecule has 0 radical (unpaired) electrons. The highest BCUT2D eigenvalue weighted by atomic mass is 35.5. The van der Waals surface area contributed by atoms with Crippen LogP contribution in [0.2, 0.25) is 8.67 Å². The van der Waals surface area contributed by atoms with Gasteiger partial charge in [0.2, 0.25) is 5.91 Å². The molecule has 1 aliphatic heterocycles. The molecule has 1 aromatic heterocycles. The first kappa shape index (κ1) is 12.6. The zero-order valence-electron chi connectivity index (χ0n) is 7.94. The Labute approximate surface area is 110 Å². The van der Waals surface area contributed by atoms with Gasteiger partial charge in [0.15, 0.2) is 0 Å². The Bertz CT molecular complexity index is 609. The Morgan fingerprint density at radius 2 is 2.00 bits per heavy atom. The smallest absolute Gasteiger partial charge is 0.275 e. The summed E-state index contributed by atoms with van der Waals surface area (Å²) in [6.45, 7) is -0.551. The Morgan fingerprint density at radius 1 is 1.35 bits per heavy atom.